The molecule has 2 aliphatic heterocycles. The second kappa shape index (κ2) is 9.28. The minimum atomic E-state index is -3.86. The number of sulfonamides is 2. The SMILES string of the molecule is CN1CCC2(CC1)CN(S(=O)(=O)c1ccc(N(C)CCNS(C)(=O)=O)c(F)c1)CCO2. The van der Waals surface area contributed by atoms with Gasteiger partial charge in [0, 0.05) is 46.3 Å². The molecular weight excluding hydrogens is 447 g/mol. The third-order valence-electron chi connectivity index (χ3n) is 5.89. The number of halogens is 1. The van der Waals surface area contributed by atoms with Crippen molar-refractivity contribution in [3.8, 4) is 0 Å². The molecule has 1 aromatic carbocycles. The van der Waals surface area contributed by atoms with Crippen molar-refractivity contribution in [3.63, 3.8) is 0 Å². The number of morpholine rings is 1. The topological polar surface area (TPSA) is 99.3 Å². The molecule has 0 unspecified atom stereocenters. The van der Waals surface area contributed by atoms with Crippen LogP contribution in [0.2, 0.25) is 0 Å². The van der Waals surface area contributed by atoms with E-state index in [4.69, 9.17) is 4.74 Å². The third-order valence-corrected chi connectivity index (χ3v) is 8.46. The lowest BCUT2D eigenvalue weighted by molar-refractivity contribution is -0.117. The summed E-state index contributed by atoms with van der Waals surface area (Å²) in [5.74, 6) is -0.676. The maximum absolute atomic E-state index is 14.8. The van der Waals surface area contributed by atoms with Crippen LogP contribution in [0.3, 0.4) is 0 Å². The van der Waals surface area contributed by atoms with Crippen molar-refractivity contribution >= 4 is 25.7 Å². The predicted octanol–water partition coefficient (Wildman–Crippen LogP) is 0.296. The van der Waals surface area contributed by atoms with Crippen molar-refractivity contribution in [1.82, 2.24) is 13.9 Å². The summed E-state index contributed by atoms with van der Waals surface area (Å²) in [6.45, 7) is 2.86. The maximum atomic E-state index is 14.8. The molecule has 2 fully saturated rings. The lowest BCUT2D eigenvalue weighted by Crippen LogP contribution is -2.57. The average molecular weight is 479 g/mol. The molecule has 0 atom stereocenters. The van der Waals surface area contributed by atoms with Gasteiger partial charge in [0.25, 0.3) is 0 Å². The second-order valence-electron chi connectivity index (χ2n) is 8.37. The first kappa shape index (κ1) is 24.3. The lowest BCUT2D eigenvalue weighted by Gasteiger charge is -2.46. The monoisotopic (exact) mass is 478 g/mol. The molecule has 1 spiro atoms. The molecule has 0 aromatic heterocycles. The first-order valence-corrected chi connectivity index (χ1v) is 13.5. The van der Waals surface area contributed by atoms with Crippen LogP contribution in [0.25, 0.3) is 0 Å². The Bertz CT molecular complexity index is 995. The highest BCUT2D eigenvalue weighted by Gasteiger charge is 2.42. The fourth-order valence-corrected chi connectivity index (χ4v) is 5.94. The first-order valence-electron chi connectivity index (χ1n) is 10.2. The molecule has 1 aromatic rings. The van der Waals surface area contributed by atoms with E-state index in [-0.39, 0.29) is 36.8 Å². The van der Waals surface area contributed by atoms with Gasteiger partial charge in [0.15, 0.2) is 0 Å². The highest BCUT2D eigenvalue weighted by molar-refractivity contribution is 7.89. The van der Waals surface area contributed by atoms with E-state index >= 15 is 0 Å². The van der Waals surface area contributed by atoms with Gasteiger partial charge in [-0.3, -0.25) is 0 Å². The Hall–Kier alpha value is -1.31. The highest BCUT2D eigenvalue weighted by Crippen LogP contribution is 2.33. The van der Waals surface area contributed by atoms with Crippen LogP contribution in [0, 0.1) is 5.82 Å². The maximum Gasteiger partial charge on any atom is 0.243 e. The molecule has 2 aliphatic rings. The molecule has 2 heterocycles. The van der Waals surface area contributed by atoms with Crippen LogP contribution in [-0.4, -0.2) is 97.9 Å². The van der Waals surface area contributed by atoms with Crippen LogP contribution in [0.4, 0.5) is 10.1 Å². The molecule has 12 heteroatoms. The van der Waals surface area contributed by atoms with Gasteiger partial charge < -0.3 is 14.5 Å². The highest BCUT2D eigenvalue weighted by atomic mass is 32.2. The van der Waals surface area contributed by atoms with E-state index in [0.29, 0.717) is 6.61 Å². The zero-order valence-electron chi connectivity index (χ0n) is 18.2. The van der Waals surface area contributed by atoms with E-state index in [2.05, 4.69) is 9.62 Å². The van der Waals surface area contributed by atoms with Gasteiger partial charge >= 0.3 is 0 Å². The van der Waals surface area contributed by atoms with Crippen LogP contribution in [0.5, 0.6) is 0 Å². The summed E-state index contributed by atoms with van der Waals surface area (Å²) in [5, 5.41) is 0. The Kier molecular flexibility index (Phi) is 7.28. The summed E-state index contributed by atoms with van der Waals surface area (Å²) in [6, 6.07) is 3.83. The van der Waals surface area contributed by atoms with Crippen LogP contribution < -0.4 is 9.62 Å². The summed E-state index contributed by atoms with van der Waals surface area (Å²) >= 11 is 0. The largest absolute Gasteiger partial charge is 0.372 e. The number of hydrogen-bond acceptors (Lipinski definition) is 7. The van der Waals surface area contributed by atoms with Crippen molar-refractivity contribution in [1.29, 1.82) is 0 Å². The van der Waals surface area contributed by atoms with E-state index in [0.717, 1.165) is 38.3 Å². The Morgan fingerprint density at radius 1 is 1.19 bits per heavy atom. The van der Waals surface area contributed by atoms with E-state index in [1.54, 1.807) is 7.05 Å². The zero-order chi connectivity index (χ0) is 22.9. The van der Waals surface area contributed by atoms with Gasteiger partial charge in [-0.1, -0.05) is 0 Å². The van der Waals surface area contributed by atoms with E-state index in [1.807, 2.05) is 7.05 Å². The smallest absolute Gasteiger partial charge is 0.243 e. The molecule has 0 aliphatic carbocycles. The molecule has 3 rings (SSSR count). The van der Waals surface area contributed by atoms with Gasteiger partial charge in [0.2, 0.25) is 20.0 Å². The summed E-state index contributed by atoms with van der Waals surface area (Å²) in [7, 11) is -3.55. The number of anilines is 1. The Morgan fingerprint density at radius 2 is 1.87 bits per heavy atom. The first-order chi connectivity index (χ1) is 14.4. The number of piperidine rings is 1. The van der Waals surface area contributed by atoms with Crippen molar-refractivity contribution in [3.05, 3.63) is 24.0 Å². The van der Waals surface area contributed by atoms with E-state index < -0.39 is 31.5 Å². The summed E-state index contributed by atoms with van der Waals surface area (Å²) < 4.78 is 73.2. The van der Waals surface area contributed by atoms with Crippen LogP contribution in [-0.2, 0) is 24.8 Å². The molecule has 0 amide bonds. The number of nitrogens with zero attached hydrogens (tertiary/aromatic N) is 3. The predicted molar refractivity (Wildman–Crippen MR) is 117 cm³/mol. The molecule has 0 bridgehead atoms. The number of likely N-dealkylation sites (N-methyl/N-ethyl adjacent to an activating group) is 1. The molecule has 0 radical (unpaired) electrons. The standard InChI is InChI=1S/C19H31FN4O5S2/c1-22-9-6-19(7-10-22)15-24(12-13-29-19)31(27,28)16-4-5-18(17(20)14-16)23(2)11-8-21-30(3,25)26/h4-5,14,21H,6-13,15H2,1-3H3. The number of benzene rings is 1. The molecule has 2 saturated heterocycles. The summed E-state index contributed by atoms with van der Waals surface area (Å²) in [6.07, 6.45) is 2.57. The molecule has 9 nitrogen and oxygen atoms in total. The van der Waals surface area contributed by atoms with Gasteiger partial charge in [-0.05, 0) is 38.1 Å². The molecule has 31 heavy (non-hydrogen) atoms. The average Bonchev–Trinajstić information content (AvgIpc) is 2.69. The zero-order valence-corrected chi connectivity index (χ0v) is 19.8. The third kappa shape index (κ3) is 5.93. The quantitative estimate of drug-likeness (QED) is 0.602. The van der Waals surface area contributed by atoms with Gasteiger partial charge in [0.05, 0.1) is 29.0 Å². The Balaban J connectivity index is 1.72. The fraction of sp³-hybridized carbons (Fsp3) is 0.684. The van der Waals surface area contributed by atoms with Crippen LogP contribution in [0.15, 0.2) is 23.1 Å². The Labute approximate surface area is 184 Å². The number of nitrogens with one attached hydrogen (secondary N) is 1. The van der Waals surface area contributed by atoms with Crippen molar-refractivity contribution in [2.45, 2.75) is 23.3 Å². The molecule has 176 valence electrons. The normalized spacial score (nSPS) is 20.8. The van der Waals surface area contributed by atoms with Crippen molar-refractivity contribution < 1.29 is 26.0 Å². The molecule has 1 N–H and O–H groups in total. The summed E-state index contributed by atoms with van der Waals surface area (Å²) in [5.41, 5.74) is -0.286. The minimum absolute atomic E-state index is 0.0959. The number of likely N-dealkylation sites (tertiary alicyclic amines) is 1. The van der Waals surface area contributed by atoms with Crippen molar-refractivity contribution in [2.75, 3.05) is 71.1 Å². The number of rotatable bonds is 7. The van der Waals surface area contributed by atoms with Crippen LogP contribution in [0.1, 0.15) is 12.8 Å². The van der Waals surface area contributed by atoms with Crippen LogP contribution >= 0.6 is 0 Å². The van der Waals surface area contributed by atoms with Gasteiger partial charge in [-0.2, -0.15) is 4.31 Å². The van der Waals surface area contributed by atoms with Gasteiger partial charge in [-0.25, -0.2) is 25.9 Å². The van der Waals surface area contributed by atoms with Gasteiger partial charge in [0.1, 0.15) is 5.82 Å². The fourth-order valence-electron chi connectivity index (χ4n) is 3.97. The van der Waals surface area contributed by atoms with E-state index in [9.17, 15) is 21.2 Å². The Morgan fingerprint density at radius 3 is 2.48 bits per heavy atom. The summed E-state index contributed by atoms with van der Waals surface area (Å²) in [4.78, 5) is 3.63. The number of ether oxygens (including phenoxy) is 1. The minimum Gasteiger partial charge on any atom is -0.372 e. The number of hydrogen-bond donors (Lipinski definition) is 1. The second-order valence-corrected chi connectivity index (χ2v) is 12.1. The van der Waals surface area contributed by atoms with Gasteiger partial charge in [-0.15, -0.1) is 0 Å². The molecular formula is C19H31FN4O5S2. The van der Waals surface area contributed by atoms with E-state index in [1.165, 1.54) is 21.3 Å². The molecule has 0 saturated carbocycles. The van der Waals surface area contributed by atoms with Crippen molar-refractivity contribution in [2.24, 2.45) is 0 Å². The lowest BCUT2D eigenvalue weighted by atomic mass is 9.90.